The summed E-state index contributed by atoms with van der Waals surface area (Å²) in [5, 5.41) is 8.44. The minimum atomic E-state index is -0.658. The molecule has 0 heterocycles. The van der Waals surface area contributed by atoms with E-state index in [1.807, 2.05) is 0 Å². The molecule has 0 aliphatic carbocycles. The summed E-state index contributed by atoms with van der Waals surface area (Å²) in [5.74, 6) is -0.658. The maximum atomic E-state index is 10.2. The molecule has 0 saturated heterocycles. The van der Waals surface area contributed by atoms with Crippen molar-refractivity contribution >= 4 is 5.97 Å². The molecule has 2 nitrogen and oxygen atoms in total. The van der Waals surface area contributed by atoms with Crippen molar-refractivity contribution < 1.29 is 37.2 Å². The Bertz CT molecular complexity index is 149. The van der Waals surface area contributed by atoms with Gasteiger partial charge in [-0.2, -0.15) is 0 Å². The van der Waals surface area contributed by atoms with Crippen LogP contribution in [0.2, 0.25) is 0 Å². The SMILES string of the molecule is CCCCCCCCCCCCC(=O)O.[Cd]. The maximum absolute atomic E-state index is 10.2. The van der Waals surface area contributed by atoms with Gasteiger partial charge in [-0.05, 0) is 6.42 Å². The number of hydrogen-bond donors (Lipinski definition) is 1. The fourth-order valence-corrected chi connectivity index (χ4v) is 1.76. The van der Waals surface area contributed by atoms with Crippen LogP contribution in [0.25, 0.3) is 0 Å². The van der Waals surface area contributed by atoms with E-state index in [0.717, 1.165) is 12.8 Å². The molecule has 0 spiro atoms. The number of carbonyl (C=O) groups is 1. The van der Waals surface area contributed by atoms with Crippen LogP contribution < -0.4 is 0 Å². The molecule has 3 heteroatoms. The summed E-state index contributed by atoms with van der Waals surface area (Å²) in [5.41, 5.74) is 0. The molecule has 0 atom stereocenters. The van der Waals surface area contributed by atoms with E-state index in [9.17, 15) is 4.79 Å². The minimum Gasteiger partial charge on any atom is -0.481 e. The van der Waals surface area contributed by atoms with Gasteiger partial charge in [-0.3, -0.25) is 4.79 Å². The first kappa shape index (κ1) is 18.7. The Morgan fingerprint density at radius 3 is 1.56 bits per heavy atom. The average molecular weight is 327 g/mol. The fourth-order valence-electron chi connectivity index (χ4n) is 1.76. The second-order valence-corrected chi connectivity index (χ2v) is 4.33. The van der Waals surface area contributed by atoms with Crippen LogP contribution in [-0.4, -0.2) is 11.1 Å². The van der Waals surface area contributed by atoms with Gasteiger partial charge in [0.05, 0.1) is 0 Å². The zero-order valence-electron chi connectivity index (χ0n) is 10.8. The zero-order valence-corrected chi connectivity index (χ0v) is 14.9. The summed E-state index contributed by atoms with van der Waals surface area (Å²) >= 11 is 0. The van der Waals surface area contributed by atoms with Crippen LogP contribution in [0.3, 0.4) is 0 Å². The van der Waals surface area contributed by atoms with Crippen molar-refractivity contribution in [1.82, 2.24) is 0 Å². The largest absolute Gasteiger partial charge is 0.481 e. The predicted molar refractivity (Wildman–Crippen MR) is 64.1 cm³/mol. The molecular weight excluding hydrogens is 301 g/mol. The molecule has 0 aromatic rings. The van der Waals surface area contributed by atoms with E-state index in [1.165, 1.54) is 51.4 Å². The van der Waals surface area contributed by atoms with Gasteiger partial charge in [-0.1, -0.05) is 64.7 Å². The van der Waals surface area contributed by atoms with Crippen molar-refractivity contribution in [3.63, 3.8) is 0 Å². The number of carboxylic acids is 1. The van der Waals surface area contributed by atoms with E-state index < -0.39 is 5.97 Å². The van der Waals surface area contributed by atoms with Gasteiger partial charge in [-0.25, -0.2) is 0 Å². The third-order valence-electron chi connectivity index (χ3n) is 2.74. The Balaban J connectivity index is 0. The van der Waals surface area contributed by atoms with Crippen LogP contribution in [0, 0.1) is 0 Å². The number of carboxylic acid groups (broad SMARTS) is 1. The molecular formula is C13H26CdO2. The minimum absolute atomic E-state index is 0. The van der Waals surface area contributed by atoms with E-state index in [1.54, 1.807) is 0 Å². The van der Waals surface area contributed by atoms with Gasteiger partial charge >= 0.3 is 5.97 Å². The standard InChI is InChI=1S/C13H26O2.Cd/c1-2-3-4-5-6-7-8-9-10-11-12-13(14)15;/h2-12H2,1H3,(H,14,15);. The molecule has 0 aromatic carbocycles. The van der Waals surface area contributed by atoms with Crippen molar-refractivity contribution in [2.45, 2.75) is 77.6 Å². The molecule has 0 amide bonds. The van der Waals surface area contributed by atoms with E-state index in [0.29, 0.717) is 6.42 Å². The molecule has 0 aliphatic heterocycles. The van der Waals surface area contributed by atoms with Crippen LogP contribution in [0.5, 0.6) is 0 Å². The topological polar surface area (TPSA) is 37.3 Å². The molecule has 1 N–H and O–H groups in total. The summed E-state index contributed by atoms with van der Waals surface area (Å²) in [6.45, 7) is 2.24. The van der Waals surface area contributed by atoms with Crippen molar-refractivity contribution in [3.8, 4) is 0 Å². The summed E-state index contributed by atoms with van der Waals surface area (Å²) in [7, 11) is 0. The van der Waals surface area contributed by atoms with Gasteiger partial charge in [0.25, 0.3) is 0 Å². The van der Waals surface area contributed by atoms with Crippen LogP contribution in [0.4, 0.5) is 0 Å². The summed E-state index contributed by atoms with van der Waals surface area (Å²) < 4.78 is 0. The van der Waals surface area contributed by atoms with Crippen molar-refractivity contribution in [2.75, 3.05) is 0 Å². The molecule has 92 valence electrons. The van der Waals surface area contributed by atoms with Crippen LogP contribution >= 0.6 is 0 Å². The van der Waals surface area contributed by atoms with Gasteiger partial charge < -0.3 is 5.11 Å². The number of unbranched alkanes of at least 4 members (excludes halogenated alkanes) is 9. The quantitative estimate of drug-likeness (QED) is 0.452. The van der Waals surface area contributed by atoms with Gasteiger partial charge in [0, 0.05) is 33.7 Å². The number of hydrogen-bond acceptors (Lipinski definition) is 1. The Labute approximate surface area is 120 Å². The number of aliphatic carboxylic acids is 1. The summed E-state index contributed by atoms with van der Waals surface area (Å²) in [6, 6.07) is 0. The smallest absolute Gasteiger partial charge is 0.303 e. The number of rotatable bonds is 11. The molecule has 0 radical (unpaired) electrons. The third-order valence-corrected chi connectivity index (χ3v) is 2.74. The first-order valence-corrected chi connectivity index (χ1v) is 6.49. The molecule has 0 aliphatic rings. The van der Waals surface area contributed by atoms with E-state index in [4.69, 9.17) is 5.11 Å². The van der Waals surface area contributed by atoms with Crippen LogP contribution in [0.15, 0.2) is 0 Å². The Morgan fingerprint density at radius 1 is 0.812 bits per heavy atom. The molecule has 0 bridgehead atoms. The second-order valence-electron chi connectivity index (χ2n) is 4.33. The maximum Gasteiger partial charge on any atom is 0.303 e. The van der Waals surface area contributed by atoms with Gasteiger partial charge in [-0.15, -0.1) is 0 Å². The van der Waals surface area contributed by atoms with E-state index in [2.05, 4.69) is 6.92 Å². The van der Waals surface area contributed by atoms with Gasteiger partial charge in [0.2, 0.25) is 0 Å². The molecule has 0 unspecified atom stereocenters. The Kier molecular flexibility index (Phi) is 18.0. The van der Waals surface area contributed by atoms with Gasteiger partial charge in [0.15, 0.2) is 0 Å². The normalized spacial score (nSPS) is 9.81. The summed E-state index contributed by atoms with van der Waals surface area (Å²) in [4.78, 5) is 10.2. The van der Waals surface area contributed by atoms with Gasteiger partial charge in [0.1, 0.15) is 0 Å². The van der Waals surface area contributed by atoms with Crippen LogP contribution in [-0.2, 0) is 32.1 Å². The summed E-state index contributed by atoms with van der Waals surface area (Å²) in [6.07, 6.45) is 12.9. The monoisotopic (exact) mass is 328 g/mol. The molecule has 0 fully saturated rings. The third kappa shape index (κ3) is 16.8. The Hall–Kier alpha value is 0.392. The van der Waals surface area contributed by atoms with E-state index >= 15 is 0 Å². The Morgan fingerprint density at radius 2 is 1.19 bits per heavy atom. The fraction of sp³-hybridized carbons (Fsp3) is 0.923. The average Bonchev–Trinajstić information content (AvgIpc) is 2.20. The first-order valence-electron chi connectivity index (χ1n) is 6.49. The van der Waals surface area contributed by atoms with Crippen molar-refractivity contribution in [1.29, 1.82) is 0 Å². The second kappa shape index (κ2) is 15.4. The molecule has 0 rings (SSSR count). The van der Waals surface area contributed by atoms with Crippen molar-refractivity contribution in [2.24, 2.45) is 0 Å². The predicted octanol–water partition coefficient (Wildman–Crippen LogP) is 4.38. The van der Waals surface area contributed by atoms with Crippen molar-refractivity contribution in [3.05, 3.63) is 0 Å². The first-order chi connectivity index (χ1) is 7.27. The molecule has 0 saturated carbocycles. The van der Waals surface area contributed by atoms with Crippen LogP contribution in [0.1, 0.15) is 77.6 Å². The molecule has 16 heavy (non-hydrogen) atoms. The van der Waals surface area contributed by atoms with E-state index in [-0.39, 0.29) is 27.3 Å². The molecule has 0 aromatic heterocycles. The zero-order chi connectivity index (χ0) is 11.4.